The van der Waals surface area contributed by atoms with Crippen LogP contribution in [0, 0.1) is 11.3 Å². The van der Waals surface area contributed by atoms with Gasteiger partial charge in [-0.25, -0.2) is 13.6 Å². The van der Waals surface area contributed by atoms with Crippen LogP contribution in [0.5, 0.6) is 0 Å². The molecule has 7 nitrogen and oxygen atoms in total. The summed E-state index contributed by atoms with van der Waals surface area (Å²) in [6, 6.07) is 15.3. The van der Waals surface area contributed by atoms with Crippen molar-refractivity contribution in [3.8, 4) is 6.07 Å². The number of carbonyl (C=O) groups is 1. The van der Waals surface area contributed by atoms with Crippen molar-refractivity contribution in [2.45, 2.75) is 24.3 Å². The van der Waals surface area contributed by atoms with E-state index in [-0.39, 0.29) is 16.5 Å². The summed E-state index contributed by atoms with van der Waals surface area (Å²) in [6.45, 7) is 2.02. The fourth-order valence-corrected chi connectivity index (χ4v) is 3.51. The number of hydrogen-bond donors (Lipinski definition) is 2. The van der Waals surface area contributed by atoms with Gasteiger partial charge in [0, 0.05) is 23.6 Å². The van der Waals surface area contributed by atoms with Crippen molar-refractivity contribution >= 4 is 27.3 Å². The Kier molecular flexibility index (Phi) is 4.99. The van der Waals surface area contributed by atoms with Gasteiger partial charge in [-0.15, -0.1) is 0 Å². The third-order valence-electron chi connectivity index (χ3n) is 4.33. The molecule has 1 aliphatic rings. The van der Waals surface area contributed by atoms with Crippen LogP contribution in [0.15, 0.2) is 65.2 Å². The number of primary sulfonamides is 1. The summed E-state index contributed by atoms with van der Waals surface area (Å²) in [4.78, 5) is 14.3. The van der Waals surface area contributed by atoms with Gasteiger partial charge in [-0.3, -0.25) is 4.79 Å². The normalized spacial score (nSPS) is 16.6. The van der Waals surface area contributed by atoms with Crippen LogP contribution < -0.4 is 15.4 Å². The molecule has 0 saturated heterocycles. The zero-order valence-corrected chi connectivity index (χ0v) is 15.4. The molecule has 3 rings (SSSR count). The summed E-state index contributed by atoms with van der Waals surface area (Å²) in [6.07, 6.45) is 2.38. The second kappa shape index (κ2) is 7.23. The van der Waals surface area contributed by atoms with Crippen molar-refractivity contribution in [3.63, 3.8) is 0 Å². The number of nitrogens with one attached hydrogen (secondary N) is 1. The predicted molar refractivity (Wildman–Crippen MR) is 102 cm³/mol. The van der Waals surface area contributed by atoms with Gasteiger partial charge < -0.3 is 10.2 Å². The number of amides is 1. The first kappa shape index (κ1) is 18.6. The van der Waals surface area contributed by atoms with Gasteiger partial charge in [0.05, 0.1) is 4.90 Å². The molecule has 8 heteroatoms. The quantitative estimate of drug-likeness (QED) is 0.621. The minimum absolute atomic E-state index is 0.0472. The van der Waals surface area contributed by atoms with Crippen molar-refractivity contribution in [1.82, 2.24) is 0 Å². The van der Waals surface area contributed by atoms with Crippen LogP contribution in [0.4, 0.5) is 11.4 Å². The minimum atomic E-state index is -3.80. The standard InChI is InChI=1S/C19H18N4O3S/c1-13-10-14-4-2-3-5-18(14)23(13)12-15(11-20)19(24)22-16-6-8-17(9-7-16)27(21,25)26/h2-9,12-13H,10H2,1H3,(H,22,24)(H2,21,25,26)/b15-12-. The molecule has 1 aliphatic heterocycles. The summed E-state index contributed by atoms with van der Waals surface area (Å²) < 4.78 is 22.6. The van der Waals surface area contributed by atoms with Crippen molar-refractivity contribution < 1.29 is 13.2 Å². The van der Waals surface area contributed by atoms with Gasteiger partial charge in [0.1, 0.15) is 11.6 Å². The van der Waals surface area contributed by atoms with Crippen molar-refractivity contribution in [2.24, 2.45) is 5.14 Å². The molecule has 0 fully saturated rings. The Hall–Kier alpha value is -3.15. The third kappa shape index (κ3) is 4.00. The largest absolute Gasteiger partial charge is 0.343 e. The molecular formula is C19H18N4O3S. The van der Waals surface area contributed by atoms with E-state index < -0.39 is 15.9 Å². The molecule has 1 amide bonds. The number of nitriles is 1. The number of benzene rings is 2. The van der Waals surface area contributed by atoms with Crippen LogP contribution in [-0.2, 0) is 21.2 Å². The molecule has 27 heavy (non-hydrogen) atoms. The maximum absolute atomic E-state index is 12.5. The second-order valence-corrected chi connectivity index (χ2v) is 7.83. The molecule has 138 valence electrons. The molecule has 2 aromatic rings. The Morgan fingerprint density at radius 1 is 1.26 bits per heavy atom. The lowest BCUT2D eigenvalue weighted by Crippen LogP contribution is -2.25. The number of nitrogens with zero attached hydrogens (tertiary/aromatic N) is 2. The molecule has 0 spiro atoms. The number of hydrogen-bond acceptors (Lipinski definition) is 5. The lowest BCUT2D eigenvalue weighted by atomic mass is 10.1. The maximum Gasteiger partial charge on any atom is 0.267 e. The molecule has 1 heterocycles. The highest BCUT2D eigenvalue weighted by molar-refractivity contribution is 7.89. The van der Waals surface area contributed by atoms with Crippen molar-refractivity contribution in [1.29, 1.82) is 5.26 Å². The van der Waals surface area contributed by atoms with Gasteiger partial charge in [-0.1, -0.05) is 18.2 Å². The highest BCUT2D eigenvalue weighted by atomic mass is 32.2. The lowest BCUT2D eigenvalue weighted by Gasteiger charge is -2.20. The monoisotopic (exact) mass is 382 g/mol. The van der Waals surface area contributed by atoms with Gasteiger partial charge in [0.25, 0.3) is 5.91 Å². The zero-order valence-electron chi connectivity index (χ0n) is 14.6. The van der Waals surface area contributed by atoms with Gasteiger partial charge in [0.2, 0.25) is 10.0 Å². The fraction of sp³-hybridized carbons (Fsp3) is 0.158. The number of sulfonamides is 1. The molecule has 3 N–H and O–H groups in total. The van der Waals surface area contributed by atoms with E-state index in [0.717, 1.165) is 17.7 Å². The topological polar surface area (TPSA) is 116 Å². The highest BCUT2D eigenvalue weighted by Crippen LogP contribution is 2.32. The van der Waals surface area contributed by atoms with Gasteiger partial charge in [-0.2, -0.15) is 5.26 Å². The Morgan fingerprint density at radius 3 is 2.56 bits per heavy atom. The van der Waals surface area contributed by atoms with Gasteiger partial charge in [0.15, 0.2) is 0 Å². The minimum Gasteiger partial charge on any atom is -0.343 e. The smallest absolute Gasteiger partial charge is 0.267 e. The van der Waals surface area contributed by atoms with Crippen LogP contribution in [0.1, 0.15) is 12.5 Å². The number of carbonyl (C=O) groups excluding carboxylic acids is 1. The van der Waals surface area contributed by atoms with Crippen LogP contribution in [0.3, 0.4) is 0 Å². The number of para-hydroxylation sites is 1. The zero-order chi connectivity index (χ0) is 19.6. The first-order valence-electron chi connectivity index (χ1n) is 8.22. The summed E-state index contributed by atoms with van der Waals surface area (Å²) >= 11 is 0. The van der Waals surface area contributed by atoms with Crippen molar-refractivity contribution in [2.75, 3.05) is 10.2 Å². The Balaban J connectivity index is 1.81. The molecular weight excluding hydrogens is 364 g/mol. The molecule has 1 atom stereocenters. The fourth-order valence-electron chi connectivity index (χ4n) is 2.99. The lowest BCUT2D eigenvalue weighted by molar-refractivity contribution is -0.112. The Bertz CT molecular complexity index is 1050. The van der Waals surface area contributed by atoms with E-state index in [1.807, 2.05) is 42.2 Å². The van der Waals surface area contributed by atoms with E-state index in [4.69, 9.17) is 5.14 Å². The SMILES string of the molecule is CC1Cc2ccccc2N1/C=C(/C#N)C(=O)Nc1ccc(S(N)(=O)=O)cc1. The number of nitrogens with two attached hydrogens (primary N) is 1. The first-order valence-corrected chi connectivity index (χ1v) is 9.76. The second-order valence-electron chi connectivity index (χ2n) is 6.27. The summed E-state index contributed by atoms with van der Waals surface area (Å²) in [7, 11) is -3.80. The van der Waals surface area contributed by atoms with Gasteiger partial charge >= 0.3 is 0 Å². The Labute approximate surface area is 157 Å². The van der Waals surface area contributed by atoms with E-state index in [9.17, 15) is 18.5 Å². The summed E-state index contributed by atoms with van der Waals surface area (Å²) in [5.74, 6) is -0.572. The van der Waals surface area contributed by atoms with Crippen LogP contribution in [-0.4, -0.2) is 20.4 Å². The Morgan fingerprint density at radius 2 is 1.93 bits per heavy atom. The van der Waals surface area contributed by atoms with E-state index in [1.54, 1.807) is 6.20 Å². The predicted octanol–water partition coefficient (Wildman–Crippen LogP) is 2.13. The molecule has 0 bridgehead atoms. The van der Waals surface area contributed by atoms with Crippen LogP contribution >= 0.6 is 0 Å². The van der Waals surface area contributed by atoms with Crippen LogP contribution in [0.25, 0.3) is 0 Å². The molecule has 0 radical (unpaired) electrons. The highest BCUT2D eigenvalue weighted by Gasteiger charge is 2.25. The van der Waals surface area contributed by atoms with E-state index in [2.05, 4.69) is 5.32 Å². The maximum atomic E-state index is 12.5. The molecule has 0 saturated carbocycles. The summed E-state index contributed by atoms with van der Waals surface area (Å²) in [5, 5.41) is 17.1. The van der Waals surface area contributed by atoms with E-state index in [0.29, 0.717) is 5.69 Å². The molecule has 2 aromatic carbocycles. The van der Waals surface area contributed by atoms with Gasteiger partial charge in [-0.05, 0) is 49.2 Å². The molecule has 0 aliphatic carbocycles. The first-order chi connectivity index (χ1) is 12.8. The van der Waals surface area contributed by atoms with Crippen molar-refractivity contribution in [3.05, 3.63) is 65.9 Å². The number of anilines is 2. The number of fused-ring (bicyclic) bond motifs is 1. The molecule has 1 unspecified atom stereocenters. The summed E-state index contributed by atoms with van der Waals surface area (Å²) in [5.41, 5.74) is 2.46. The average Bonchev–Trinajstić information content (AvgIpc) is 2.94. The molecule has 0 aromatic heterocycles. The van der Waals surface area contributed by atoms with Crippen LogP contribution in [0.2, 0.25) is 0 Å². The van der Waals surface area contributed by atoms with E-state index >= 15 is 0 Å². The third-order valence-corrected chi connectivity index (χ3v) is 5.26. The van der Waals surface area contributed by atoms with E-state index in [1.165, 1.54) is 24.3 Å². The number of rotatable bonds is 4. The average molecular weight is 382 g/mol.